The molecule has 1 aliphatic carbocycles. The number of halogens is 1. The Hall–Kier alpha value is -1.04. The van der Waals surface area contributed by atoms with E-state index in [0.717, 1.165) is 44.7 Å². The Morgan fingerprint density at radius 1 is 1.09 bits per heavy atom. The Labute approximate surface area is 151 Å². The van der Waals surface area contributed by atoms with Gasteiger partial charge in [-0.1, -0.05) is 43.3 Å². The Kier molecular flexibility index (Phi) is 9.20. The molecule has 0 heterocycles. The molecule has 22 heavy (non-hydrogen) atoms. The van der Waals surface area contributed by atoms with Crippen LogP contribution in [0.25, 0.3) is 0 Å². The summed E-state index contributed by atoms with van der Waals surface area (Å²) in [7, 11) is 0. The lowest BCUT2D eigenvalue weighted by atomic mass is 10.1. The monoisotopic (exact) mass is 413 g/mol. The van der Waals surface area contributed by atoms with Gasteiger partial charge in [-0.15, -0.1) is 24.0 Å². The molecule has 1 aromatic carbocycles. The first-order valence-corrected chi connectivity index (χ1v) is 8.09. The standard InChI is InChI=1S/C18H27N3.HI/c1-3-15-9-11-16(12-10-15)13-14-20-18(19-4-2)21-17-7-5-6-8-17;/h5-6,9-12,17H,3-4,7-8,13-14H2,1-2H3,(H2,19,20,21);1H. The molecule has 4 heteroatoms. The second kappa shape index (κ2) is 10.6. The molecule has 0 spiro atoms. The third-order valence-corrected chi connectivity index (χ3v) is 3.79. The van der Waals surface area contributed by atoms with Gasteiger partial charge in [-0.3, -0.25) is 4.99 Å². The van der Waals surface area contributed by atoms with Gasteiger partial charge < -0.3 is 10.6 Å². The Balaban J connectivity index is 0.00000242. The molecule has 122 valence electrons. The molecule has 0 saturated heterocycles. The smallest absolute Gasteiger partial charge is 0.191 e. The summed E-state index contributed by atoms with van der Waals surface area (Å²) >= 11 is 0. The molecule has 0 atom stereocenters. The molecular weight excluding hydrogens is 385 g/mol. The Morgan fingerprint density at radius 2 is 1.73 bits per heavy atom. The minimum Gasteiger partial charge on any atom is -0.357 e. The van der Waals surface area contributed by atoms with Crippen molar-refractivity contribution in [3.05, 3.63) is 47.5 Å². The number of aliphatic imine (C=N–C) groups is 1. The topological polar surface area (TPSA) is 36.4 Å². The van der Waals surface area contributed by atoms with Crippen molar-refractivity contribution in [3.8, 4) is 0 Å². The minimum absolute atomic E-state index is 0. The highest BCUT2D eigenvalue weighted by Crippen LogP contribution is 2.09. The number of benzene rings is 1. The van der Waals surface area contributed by atoms with Crippen LogP contribution < -0.4 is 10.6 Å². The van der Waals surface area contributed by atoms with Gasteiger partial charge in [0, 0.05) is 19.1 Å². The van der Waals surface area contributed by atoms with E-state index in [1.54, 1.807) is 0 Å². The van der Waals surface area contributed by atoms with Crippen molar-refractivity contribution in [2.75, 3.05) is 13.1 Å². The lowest BCUT2D eigenvalue weighted by molar-refractivity contribution is 0.633. The molecular formula is C18H28IN3. The molecule has 0 aromatic heterocycles. The van der Waals surface area contributed by atoms with Crippen molar-refractivity contribution >= 4 is 29.9 Å². The number of guanidine groups is 1. The molecule has 0 saturated carbocycles. The maximum Gasteiger partial charge on any atom is 0.191 e. The van der Waals surface area contributed by atoms with Crippen LogP contribution in [0, 0.1) is 0 Å². The van der Waals surface area contributed by atoms with E-state index in [-0.39, 0.29) is 24.0 Å². The van der Waals surface area contributed by atoms with Crippen LogP contribution in [-0.4, -0.2) is 25.1 Å². The first-order valence-electron chi connectivity index (χ1n) is 8.09. The molecule has 2 N–H and O–H groups in total. The van der Waals surface area contributed by atoms with Gasteiger partial charge in [0.15, 0.2) is 5.96 Å². The Bertz CT molecular complexity index is 472. The highest BCUT2D eigenvalue weighted by atomic mass is 127. The van der Waals surface area contributed by atoms with Crippen molar-refractivity contribution in [2.24, 2.45) is 4.99 Å². The number of hydrogen-bond donors (Lipinski definition) is 2. The molecule has 1 aromatic rings. The largest absolute Gasteiger partial charge is 0.357 e. The molecule has 0 fully saturated rings. The van der Waals surface area contributed by atoms with Crippen molar-refractivity contribution in [1.82, 2.24) is 10.6 Å². The summed E-state index contributed by atoms with van der Waals surface area (Å²) in [5.74, 6) is 0.941. The highest BCUT2D eigenvalue weighted by molar-refractivity contribution is 14.0. The van der Waals surface area contributed by atoms with Gasteiger partial charge in [-0.2, -0.15) is 0 Å². The number of nitrogens with zero attached hydrogens (tertiary/aromatic N) is 1. The van der Waals surface area contributed by atoms with Crippen LogP contribution in [0.15, 0.2) is 41.4 Å². The average Bonchev–Trinajstić information content (AvgIpc) is 3.01. The van der Waals surface area contributed by atoms with Crippen LogP contribution in [0.4, 0.5) is 0 Å². The lowest BCUT2D eigenvalue weighted by Gasteiger charge is -2.16. The summed E-state index contributed by atoms with van der Waals surface area (Å²) < 4.78 is 0. The quantitative estimate of drug-likeness (QED) is 0.323. The van der Waals surface area contributed by atoms with E-state index in [9.17, 15) is 0 Å². The summed E-state index contributed by atoms with van der Waals surface area (Å²) in [6, 6.07) is 9.37. The fourth-order valence-corrected chi connectivity index (χ4v) is 2.49. The predicted molar refractivity (Wildman–Crippen MR) is 106 cm³/mol. The first kappa shape index (κ1) is 19.0. The van der Waals surface area contributed by atoms with Gasteiger partial charge in [0.1, 0.15) is 0 Å². The third-order valence-electron chi connectivity index (χ3n) is 3.79. The van der Waals surface area contributed by atoms with E-state index in [4.69, 9.17) is 0 Å². The van der Waals surface area contributed by atoms with E-state index in [1.807, 2.05) is 0 Å². The van der Waals surface area contributed by atoms with Crippen LogP contribution in [-0.2, 0) is 12.8 Å². The van der Waals surface area contributed by atoms with Crippen LogP contribution >= 0.6 is 24.0 Å². The van der Waals surface area contributed by atoms with E-state index in [2.05, 4.69) is 65.9 Å². The van der Waals surface area contributed by atoms with Gasteiger partial charge in [-0.05, 0) is 43.7 Å². The molecule has 0 unspecified atom stereocenters. The number of rotatable bonds is 6. The maximum atomic E-state index is 4.68. The molecule has 0 aliphatic heterocycles. The molecule has 2 rings (SSSR count). The third kappa shape index (κ3) is 6.38. The van der Waals surface area contributed by atoms with Crippen LogP contribution in [0.3, 0.4) is 0 Å². The van der Waals surface area contributed by atoms with E-state index < -0.39 is 0 Å². The summed E-state index contributed by atoms with van der Waals surface area (Å²) in [5.41, 5.74) is 2.75. The molecule has 0 radical (unpaired) electrons. The maximum absolute atomic E-state index is 4.68. The lowest BCUT2D eigenvalue weighted by Crippen LogP contribution is -2.42. The van der Waals surface area contributed by atoms with E-state index in [0.29, 0.717) is 6.04 Å². The van der Waals surface area contributed by atoms with Gasteiger partial charge in [-0.25, -0.2) is 0 Å². The zero-order chi connectivity index (χ0) is 14.9. The van der Waals surface area contributed by atoms with Gasteiger partial charge in [0.2, 0.25) is 0 Å². The van der Waals surface area contributed by atoms with Crippen LogP contribution in [0.1, 0.15) is 37.8 Å². The van der Waals surface area contributed by atoms with Crippen molar-refractivity contribution in [2.45, 2.75) is 45.6 Å². The summed E-state index contributed by atoms with van der Waals surface area (Å²) in [6.07, 6.45) is 8.75. The normalized spacial score (nSPS) is 14.7. The first-order chi connectivity index (χ1) is 10.3. The average molecular weight is 413 g/mol. The minimum atomic E-state index is 0. The second-order valence-corrected chi connectivity index (χ2v) is 5.46. The fourth-order valence-electron chi connectivity index (χ4n) is 2.49. The molecule has 3 nitrogen and oxygen atoms in total. The van der Waals surface area contributed by atoms with E-state index >= 15 is 0 Å². The van der Waals surface area contributed by atoms with E-state index in [1.165, 1.54) is 11.1 Å². The summed E-state index contributed by atoms with van der Waals surface area (Å²) in [4.78, 5) is 4.68. The van der Waals surface area contributed by atoms with Crippen LogP contribution in [0.2, 0.25) is 0 Å². The van der Waals surface area contributed by atoms with Gasteiger partial charge in [0.25, 0.3) is 0 Å². The molecule has 1 aliphatic rings. The number of hydrogen-bond acceptors (Lipinski definition) is 1. The summed E-state index contributed by atoms with van der Waals surface area (Å²) in [5, 5.41) is 6.82. The predicted octanol–water partition coefficient (Wildman–Crippen LogP) is 3.68. The second-order valence-electron chi connectivity index (χ2n) is 5.46. The van der Waals surface area contributed by atoms with Gasteiger partial charge in [0.05, 0.1) is 0 Å². The molecule has 0 bridgehead atoms. The van der Waals surface area contributed by atoms with Crippen molar-refractivity contribution in [3.63, 3.8) is 0 Å². The zero-order valence-corrected chi connectivity index (χ0v) is 16.0. The number of nitrogens with one attached hydrogen (secondary N) is 2. The van der Waals surface area contributed by atoms with Gasteiger partial charge >= 0.3 is 0 Å². The number of aryl methyl sites for hydroxylation is 1. The summed E-state index contributed by atoms with van der Waals surface area (Å²) in [6.45, 7) is 6.01. The SMILES string of the molecule is CCNC(=NCCc1ccc(CC)cc1)NC1CC=CC1.I. The Morgan fingerprint density at radius 3 is 2.32 bits per heavy atom. The molecule has 0 amide bonds. The van der Waals surface area contributed by atoms with Crippen molar-refractivity contribution in [1.29, 1.82) is 0 Å². The highest BCUT2D eigenvalue weighted by Gasteiger charge is 2.11. The van der Waals surface area contributed by atoms with Crippen LogP contribution in [0.5, 0.6) is 0 Å². The fraction of sp³-hybridized carbons (Fsp3) is 0.500. The van der Waals surface area contributed by atoms with Crippen molar-refractivity contribution < 1.29 is 0 Å². The zero-order valence-electron chi connectivity index (χ0n) is 13.6.